The van der Waals surface area contributed by atoms with Crippen molar-refractivity contribution >= 4 is 6.21 Å². The number of benzene rings is 1. The minimum atomic E-state index is -0.186. The molecule has 2 bridgehead atoms. The lowest BCUT2D eigenvalue weighted by Gasteiger charge is -2.18. The molecule has 1 saturated carbocycles. The van der Waals surface area contributed by atoms with E-state index in [0.29, 0.717) is 11.8 Å². The minimum Gasteiger partial charge on any atom is -0.493 e. The van der Waals surface area contributed by atoms with Crippen molar-refractivity contribution in [3.8, 4) is 17.9 Å². The van der Waals surface area contributed by atoms with Crippen LogP contribution >= 0.6 is 0 Å². The van der Waals surface area contributed by atoms with Crippen LogP contribution in [0.3, 0.4) is 0 Å². The molecule has 3 rings (SSSR count). The molecule has 2 aliphatic rings. The second-order valence-electron chi connectivity index (χ2n) is 6.16. The van der Waals surface area contributed by atoms with Crippen LogP contribution in [0.15, 0.2) is 52.8 Å². The SMILES string of the molecule is N#C/C(N)=C(\C#N)N=Cc1ccc(OCC2C[C@@H]3C=C[C@H]2C3)cc1. The van der Waals surface area contributed by atoms with E-state index in [1.165, 1.54) is 19.1 Å². The third-order valence-corrected chi connectivity index (χ3v) is 4.58. The maximum absolute atomic E-state index is 8.89. The Bertz CT molecular complexity index is 777. The first-order valence-electron chi connectivity index (χ1n) is 7.95. The first-order chi connectivity index (χ1) is 11.7. The molecule has 120 valence electrons. The van der Waals surface area contributed by atoms with Crippen LogP contribution in [0.25, 0.3) is 0 Å². The number of fused-ring (bicyclic) bond motifs is 2. The van der Waals surface area contributed by atoms with Crippen LogP contribution < -0.4 is 10.5 Å². The Labute approximate surface area is 141 Å². The van der Waals surface area contributed by atoms with Gasteiger partial charge in [0.1, 0.15) is 23.6 Å². The van der Waals surface area contributed by atoms with E-state index >= 15 is 0 Å². The van der Waals surface area contributed by atoms with Gasteiger partial charge in [0.25, 0.3) is 0 Å². The quantitative estimate of drug-likeness (QED) is 0.513. The lowest BCUT2D eigenvalue weighted by Crippen LogP contribution is -2.16. The Morgan fingerprint density at radius 3 is 2.58 bits per heavy atom. The van der Waals surface area contributed by atoms with Crippen LogP contribution in [0.4, 0.5) is 0 Å². The summed E-state index contributed by atoms with van der Waals surface area (Å²) in [5, 5.41) is 17.6. The van der Waals surface area contributed by atoms with Crippen LogP contribution in [0.1, 0.15) is 18.4 Å². The number of hydrogen-bond donors (Lipinski definition) is 1. The summed E-state index contributed by atoms with van der Waals surface area (Å²) in [6.07, 6.45) is 8.68. The number of ether oxygens (including phenoxy) is 1. The first kappa shape index (κ1) is 15.8. The van der Waals surface area contributed by atoms with Crippen LogP contribution in [-0.4, -0.2) is 12.8 Å². The number of rotatable bonds is 5. The summed E-state index contributed by atoms with van der Waals surface area (Å²) >= 11 is 0. The molecule has 5 heteroatoms. The number of nitrogens with two attached hydrogens (primary N) is 1. The normalized spacial score (nSPS) is 25.3. The number of hydrogen-bond acceptors (Lipinski definition) is 5. The van der Waals surface area contributed by atoms with E-state index in [2.05, 4.69) is 17.1 Å². The van der Waals surface area contributed by atoms with Crippen molar-refractivity contribution in [2.45, 2.75) is 12.8 Å². The lowest BCUT2D eigenvalue weighted by molar-refractivity contribution is 0.228. The van der Waals surface area contributed by atoms with Gasteiger partial charge >= 0.3 is 0 Å². The van der Waals surface area contributed by atoms with Crippen molar-refractivity contribution in [3.63, 3.8) is 0 Å². The smallest absolute Gasteiger partial charge is 0.174 e. The monoisotopic (exact) mass is 318 g/mol. The molecule has 1 fully saturated rings. The van der Waals surface area contributed by atoms with E-state index in [4.69, 9.17) is 21.0 Å². The summed E-state index contributed by atoms with van der Waals surface area (Å²) in [6, 6.07) is 11.0. The zero-order valence-corrected chi connectivity index (χ0v) is 13.2. The number of allylic oxidation sites excluding steroid dienone is 4. The first-order valence-corrected chi connectivity index (χ1v) is 7.95. The highest BCUT2D eigenvalue weighted by Crippen LogP contribution is 2.43. The van der Waals surface area contributed by atoms with E-state index in [-0.39, 0.29) is 11.4 Å². The van der Waals surface area contributed by atoms with Crippen LogP contribution in [0, 0.1) is 40.4 Å². The molecular formula is C19H18N4O. The molecule has 0 aliphatic heterocycles. The van der Waals surface area contributed by atoms with Gasteiger partial charge in [0.15, 0.2) is 5.70 Å². The summed E-state index contributed by atoms with van der Waals surface area (Å²) in [5.74, 6) is 2.89. The van der Waals surface area contributed by atoms with Gasteiger partial charge in [-0.3, -0.25) is 0 Å². The Morgan fingerprint density at radius 1 is 1.21 bits per heavy atom. The van der Waals surface area contributed by atoms with Crippen molar-refractivity contribution in [1.82, 2.24) is 0 Å². The average Bonchev–Trinajstić information content (AvgIpc) is 3.24. The summed E-state index contributed by atoms with van der Waals surface area (Å²) in [4.78, 5) is 3.95. The van der Waals surface area contributed by atoms with E-state index in [0.717, 1.165) is 23.8 Å². The van der Waals surface area contributed by atoms with Gasteiger partial charge in [-0.15, -0.1) is 0 Å². The fraction of sp³-hybridized carbons (Fsp3) is 0.316. The fourth-order valence-electron chi connectivity index (χ4n) is 3.29. The van der Waals surface area contributed by atoms with Crippen molar-refractivity contribution in [2.75, 3.05) is 6.61 Å². The van der Waals surface area contributed by atoms with Gasteiger partial charge in [0.2, 0.25) is 0 Å². The van der Waals surface area contributed by atoms with Crippen molar-refractivity contribution in [3.05, 3.63) is 53.4 Å². The molecule has 1 unspecified atom stereocenters. The van der Waals surface area contributed by atoms with Gasteiger partial charge in [0.05, 0.1) is 6.61 Å². The molecule has 3 atom stereocenters. The number of nitriles is 2. The van der Waals surface area contributed by atoms with Gasteiger partial charge in [-0.1, -0.05) is 12.2 Å². The number of nitrogens with zero attached hydrogens (tertiary/aromatic N) is 3. The molecular weight excluding hydrogens is 300 g/mol. The fourth-order valence-corrected chi connectivity index (χ4v) is 3.29. The standard InChI is InChI=1S/C19H18N4O/c20-9-18(22)19(10-21)23-11-13-2-5-17(6-3-13)24-12-16-8-14-1-4-15(16)7-14/h1-6,11,14-16H,7-8,12,22H2/b19-18-,23-11?/t14-,15+,16?/m1/s1. The highest BCUT2D eigenvalue weighted by atomic mass is 16.5. The highest BCUT2D eigenvalue weighted by molar-refractivity contribution is 5.81. The van der Waals surface area contributed by atoms with E-state index < -0.39 is 0 Å². The molecule has 5 nitrogen and oxygen atoms in total. The molecule has 24 heavy (non-hydrogen) atoms. The minimum absolute atomic E-state index is 0.0813. The highest BCUT2D eigenvalue weighted by Gasteiger charge is 2.35. The van der Waals surface area contributed by atoms with Gasteiger partial charge in [-0.2, -0.15) is 10.5 Å². The molecule has 0 aromatic heterocycles. The van der Waals surface area contributed by atoms with Gasteiger partial charge in [0, 0.05) is 6.21 Å². The molecule has 0 amide bonds. The summed E-state index contributed by atoms with van der Waals surface area (Å²) in [5.41, 5.74) is 5.94. The van der Waals surface area contributed by atoms with Crippen molar-refractivity contribution < 1.29 is 4.74 Å². The average molecular weight is 318 g/mol. The lowest BCUT2D eigenvalue weighted by atomic mass is 9.95. The maximum atomic E-state index is 8.89. The van der Waals surface area contributed by atoms with Gasteiger partial charge < -0.3 is 10.5 Å². The maximum Gasteiger partial charge on any atom is 0.174 e. The second-order valence-corrected chi connectivity index (χ2v) is 6.16. The Morgan fingerprint density at radius 2 is 2.00 bits per heavy atom. The zero-order valence-electron chi connectivity index (χ0n) is 13.2. The topological polar surface area (TPSA) is 95.2 Å². The molecule has 0 heterocycles. The summed E-state index contributed by atoms with van der Waals surface area (Å²) in [6.45, 7) is 0.749. The third-order valence-electron chi connectivity index (χ3n) is 4.58. The van der Waals surface area contributed by atoms with Gasteiger partial charge in [-0.05, 0) is 60.4 Å². The van der Waals surface area contributed by atoms with E-state index in [1.54, 1.807) is 12.1 Å². The van der Waals surface area contributed by atoms with E-state index in [9.17, 15) is 0 Å². The predicted molar refractivity (Wildman–Crippen MR) is 90.8 cm³/mol. The van der Waals surface area contributed by atoms with Crippen molar-refractivity contribution in [1.29, 1.82) is 10.5 Å². The second kappa shape index (κ2) is 7.02. The summed E-state index contributed by atoms with van der Waals surface area (Å²) < 4.78 is 5.90. The summed E-state index contributed by atoms with van der Waals surface area (Å²) in [7, 11) is 0. The third kappa shape index (κ3) is 3.47. The molecule has 0 spiro atoms. The molecule has 0 radical (unpaired) electrons. The molecule has 2 aliphatic carbocycles. The Kier molecular flexibility index (Phi) is 4.63. The molecule has 0 saturated heterocycles. The Balaban J connectivity index is 1.57. The molecule has 1 aromatic carbocycles. The van der Waals surface area contributed by atoms with Crippen molar-refractivity contribution in [2.24, 2.45) is 28.5 Å². The molecule has 1 aromatic rings. The predicted octanol–water partition coefficient (Wildman–Crippen LogP) is 2.91. The van der Waals surface area contributed by atoms with Crippen LogP contribution in [0.5, 0.6) is 5.75 Å². The Hall–Kier alpha value is -3.05. The van der Waals surface area contributed by atoms with Crippen LogP contribution in [-0.2, 0) is 0 Å². The van der Waals surface area contributed by atoms with E-state index in [1.807, 2.05) is 24.3 Å². The largest absolute Gasteiger partial charge is 0.493 e. The number of aliphatic imine (C=N–C) groups is 1. The zero-order chi connectivity index (χ0) is 16.9. The van der Waals surface area contributed by atoms with Crippen LogP contribution in [0.2, 0.25) is 0 Å². The van der Waals surface area contributed by atoms with Gasteiger partial charge in [-0.25, -0.2) is 4.99 Å². The molecule has 2 N–H and O–H groups in total.